The monoisotopic (exact) mass is 674 g/mol. The third-order valence-electron chi connectivity index (χ3n) is 10.7. The van der Waals surface area contributed by atoms with E-state index in [1.807, 2.05) is 0 Å². The first-order valence-corrected chi connectivity index (χ1v) is 18.2. The van der Waals surface area contributed by atoms with E-state index in [9.17, 15) is 0 Å². The number of hydrogen-bond acceptors (Lipinski definition) is 4. The topological polar surface area (TPSA) is 24.9 Å². The van der Waals surface area contributed by atoms with Crippen LogP contribution in [-0.2, 0) is 0 Å². The van der Waals surface area contributed by atoms with Gasteiger partial charge in [0.25, 0.3) is 0 Å². The Labute approximate surface area is 304 Å². The average molecular weight is 675 g/mol. The maximum atomic E-state index is 6.92. The first-order chi connectivity index (χ1) is 25.6. The molecule has 4 heteroatoms. The summed E-state index contributed by atoms with van der Waals surface area (Å²) in [6, 6.07) is 43.5. The van der Waals surface area contributed by atoms with Crippen LogP contribution in [-0.4, -0.2) is 12.1 Å². The third kappa shape index (κ3) is 5.05. The summed E-state index contributed by atoms with van der Waals surface area (Å²) in [5, 5.41) is 2.34. The maximum absolute atomic E-state index is 6.92. The van der Waals surface area contributed by atoms with Gasteiger partial charge in [-0.15, -0.1) is 0 Å². The highest BCUT2D eigenvalue weighted by atomic mass is 16.5. The van der Waals surface area contributed by atoms with Crippen molar-refractivity contribution in [2.75, 3.05) is 9.80 Å². The summed E-state index contributed by atoms with van der Waals surface area (Å²) < 4.78 is 13.7. The molecule has 3 unspecified atom stereocenters. The normalized spacial score (nSPS) is 18.9. The second kappa shape index (κ2) is 12.2. The average Bonchev–Trinajstić information content (AvgIpc) is 3.54. The number of para-hydroxylation sites is 1. The molecule has 0 N–H and O–H groups in total. The smallest absolute Gasteiger partial charge is 0.137 e. The lowest BCUT2D eigenvalue weighted by Gasteiger charge is -2.35. The Morgan fingerprint density at radius 3 is 2.19 bits per heavy atom. The van der Waals surface area contributed by atoms with Crippen molar-refractivity contribution in [1.29, 1.82) is 0 Å². The molecular formula is C48H38N2O2. The summed E-state index contributed by atoms with van der Waals surface area (Å²) >= 11 is 0. The molecule has 52 heavy (non-hydrogen) atoms. The van der Waals surface area contributed by atoms with Crippen LogP contribution in [0.25, 0.3) is 21.9 Å². The van der Waals surface area contributed by atoms with Crippen LogP contribution in [0.2, 0.25) is 0 Å². The Morgan fingerprint density at radius 1 is 0.615 bits per heavy atom. The van der Waals surface area contributed by atoms with Crippen molar-refractivity contribution in [3.63, 3.8) is 0 Å². The van der Waals surface area contributed by atoms with Gasteiger partial charge < -0.3 is 19.3 Å². The molecular weight excluding hydrogens is 637 g/mol. The molecule has 252 valence electrons. The SMILES string of the molecule is Cc1cccc(N(c2ccccc2)c2ccc3c(c2)Oc2cccc4c5c(cc-3c24)OC2C=C(N(c3cccc(C)c3)C3C=CC=CC3)C=CC52)c1. The maximum Gasteiger partial charge on any atom is 0.137 e. The number of ether oxygens (including phenoxy) is 2. The number of anilines is 4. The van der Waals surface area contributed by atoms with Crippen LogP contribution in [0.15, 0.2) is 170 Å². The molecule has 10 rings (SSSR count). The molecule has 0 radical (unpaired) electrons. The van der Waals surface area contributed by atoms with Crippen LogP contribution in [0.1, 0.15) is 29.0 Å². The summed E-state index contributed by atoms with van der Waals surface area (Å²) in [7, 11) is 0. The Balaban J connectivity index is 1.05. The number of allylic oxidation sites excluding steroid dienone is 3. The highest BCUT2D eigenvalue weighted by molar-refractivity contribution is 6.07. The molecule has 0 aromatic heterocycles. The molecule has 2 aliphatic heterocycles. The zero-order valence-electron chi connectivity index (χ0n) is 29.2. The van der Waals surface area contributed by atoms with Crippen LogP contribution < -0.4 is 19.3 Å². The van der Waals surface area contributed by atoms with Gasteiger partial charge in [-0.05, 0) is 110 Å². The summed E-state index contributed by atoms with van der Waals surface area (Å²) in [6.07, 6.45) is 16.7. The van der Waals surface area contributed by atoms with E-state index in [-0.39, 0.29) is 18.1 Å². The van der Waals surface area contributed by atoms with Crippen LogP contribution in [0, 0.1) is 13.8 Å². The van der Waals surface area contributed by atoms with Gasteiger partial charge in [0.1, 0.15) is 23.4 Å². The second-order valence-electron chi connectivity index (χ2n) is 14.2. The molecule has 6 aromatic carbocycles. The van der Waals surface area contributed by atoms with Crippen LogP contribution >= 0.6 is 0 Å². The largest absolute Gasteiger partial charge is 0.485 e. The molecule has 0 saturated heterocycles. The molecule has 4 aliphatic rings. The molecule has 0 saturated carbocycles. The quantitative estimate of drug-likeness (QED) is 0.175. The van der Waals surface area contributed by atoms with Crippen molar-refractivity contribution < 1.29 is 9.47 Å². The zero-order chi connectivity index (χ0) is 34.8. The van der Waals surface area contributed by atoms with E-state index in [4.69, 9.17) is 9.47 Å². The number of fused-ring (bicyclic) bond motifs is 6. The van der Waals surface area contributed by atoms with E-state index in [1.165, 1.54) is 27.8 Å². The van der Waals surface area contributed by atoms with Gasteiger partial charge in [0.2, 0.25) is 0 Å². The predicted octanol–water partition coefficient (Wildman–Crippen LogP) is 12.4. The number of aryl methyl sites for hydroxylation is 2. The standard InChI is InChI=1S/C48H38N2O2/c1-31-12-9-18-35(26-31)49(33-14-5-3-6-15-33)37-22-24-39-42-30-46-47(41-20-11-21-43(48(41)42)51-44(39)28-37)40-25-23-38(29-45(40)52-46)50(34-16-7-4-8-17-34)36-19-10-13-32(2)27-36/h3-16,18-30,34,40,45H,17H2,1-2H3. The third-order valence-corrected chi connectivity index (χ3v) is 10.7. The number of benzene rings is 6. The van der Waals surface area contributed by atoms with Crippen molar-refractivity contribution in [3.05, 3.63) is 186 Å². The van der Waals surface area contributed by atoms with E-state index in [0.717, 1.165) is 62.9 Å². The van der Waals surface area contributed by atoms with Gasteiger partial charge in [-0.2, -0.15) is 0 Å². The molecule has 0 bridgehead atoms. The second-order valence-corrected chi connectivity index (χ2v) is 14.2. The summed E-state index contributed by atoms with van der Waals surface area (Å²) in [6.45, 7) is 4.29. The van der Waals surface area contributed by atoms with Crippen LogP contribution in [0.5, 0.6) is 17.2 Å². The Hall–Kier alpha value is -6.26. The lowest BCUT2D eigenvalue weighted by Crippen LogP contribution is -2.35. The number of nitrogens with zero attached hydrogens (tertiary/aromatic N) is 2. The zero-order valence-corrected chi connectivity index (χ0v) is 29.2. The molecule has 0 spiro atoms. The molecule has 3 atom stereocenters. The van der Waals surface area contributed by atoms with Crippen LogP contribution in [0.4, 0.5) is 22.7 Å². The number of hydrogen-bond donors (Lipinski definition) is 0. The molecule has 0 fully saturated rings. The highest BCUT2D eigenvalue weighted by Gasteiger charge is 2.38. The summed E-state index contributed by atoms with van der Waals surface area (Å²) in [4.78, 5) is 4.75. The van der Waals surface area contributed by atoms with E-state index in [1.54, 1.807) is 0 Å². The summed E-state index contributed by atoms with van der Waals surface area (Å²) in [5.41, 5.74) is 11.5. The van der Waals surface area contributed by atoms with Gasteiger partial charge in [0, 0.05) is 62.5 Å². The fourth-order valence-electron chi connectivity index (χ4n) is 8.44. The minimum Gasteiger partial charge on any atom is -0.485 e. The van der Waals surface area contributed by atoms with Gasteiger partial charge in [-0.1, -0.05) is 85.0 Å². The van der Waals surface area contributed by atoms with E-state index in [2.05, 4.69) is 188 Å². The van der Waals surface area contributed by atoms with E-state index < -0.39 is 0 Å². The van der Waals surface area contributed by atoms with Gasteiger partial charge in [0.05, 0.1) is 6.04 Å². The van der Waals surface area contributed by atoms with Crippen molar-refractivity contribution in [2.45, 2.75) is 38.3 Å². The van der Waals surface area contributed by atoms with Gasteiger partial charge in [-0.25, -0.2) is 0 Å². The molecule has 0 amide bonds. The van der Waals surface area contributed by atoms with E-state index >= 15 is 0 Å². The first-order valence-electron chi connectivity index (χ1n) is 18.2. The fraction of sp³-hybridized carbons (Fsp3) is 0.125. The summed E-state index contributed by atoms with van der Waals surface area (Å²) in [5.74, 6) is 2.78. The lowest BCUT2D eigenvalue weighted by molar-refractivity contribution is 0.267. The Kier molecular flexibility index (Phi) is 7.17. The van der Waals surface area contributed by atoms with E-state index in [0.29, 0.717) is 0 Å². The van der Waals surface area contributed by atoms with Crippen molar-refractivity contribution >= 4 is 33.5 Å². The minimum atomic E-state index is -0.107. The molecule has 2 aliphatic carbocycles. The first kappa shape index (κ1) is 30.6. The lowest BCUT2D eigenvalue weighted by atomic mass is 9.84. The highest BCUT2D eigenvalue weighted by Crippen LogP contribution is 2.55. The van der Waals surface area contributed by atoms with Gasteiger partial charge in [0.15, 0.2) is 0 Å². The van der Waals surface area contributed by atoms with Gasteiger partial charge >= 0.3 is 0 Å². The minimum absolute atomic E-state index is 0.107. The van der Waals surface area contributed by atoms with Crippen molar-refractivity contribution in [3.8, 4) is 28.4 Å². The Bertz CT molecular complexity index is 2510. The predicted molar refractivity (Wildman–Crippen MR) is 214 cm³/mol. The molecule has 4 nitrogen and oxygen atoms in total. The fourth-order valence-corrected chi connectivity index (χ4v) is 8.44. The van der Waals surface area contributed by atoms with Crippen molar-refractivity contribution in [2.24, 2.45) is 0 Å². The molecule has 6 aromatic rings. The van der Waals surface area contributed by atoms with Crippen molar-refractivity contribution in [1.82, 2.24) is 0 Å². The molecule has 2 heterocycles. The number of rotatable bonds is 6. The van der Waals surface area contributed by atoms with Crippen LogP contribution in [0.3, 0.4) is 0 Å². The Morgan fingerprint density at radius 2 is 1.38 bits per heavy atom. The van der Waals surface area contributed by atoms with Gasteiger partial charge in [-0.3, -0.25) is 0 Å².